The Hall–Kier alpha value is -0.860. The van der Waals surface area contributed by atoms with Gasteiger partial charge in [0.15, 0.2) is 0 Å². The second kappa shape index (κ2) is 7.43. The average molecular weight is 228 g/mol. The van der Waals surface area contributed by atoms with Crippen LogP contribution in [0.4, 0.5) is 0 Å². The van der Waals surface area contributed by atoms with Gasteiger partial charge in [-0.2, -0.15) is 0 Å². The monoisotopic (exact) mass is 227 g/mol. The van der Waals surface area contributed by atoms with Gasteiger partial charge < -0.3 is 5.73 Å². The molecule has 2 nitrogen and oxygen atoms in total. The van der Waals surface area contributed by atoms with E-state index >= 15 is 0 Å². The molecule has 1 rings (SSSR count). The van der Waals surface area contributed by atoms with E-state index in [2.05, 4.69) is 0 Å². The molecular formula is C12H18ClNO. The molecule has 0 aromatic heterocycles. The molecule has 1 unspecified atom stereocenters. The van der Waals surface area contributed by atoms with E-state index in [1.807, 2.05) is 32.0 Å². The van der Waals surface area contributed by atoms with Crippen molar-refractivity contribution in [2.24, 2.45) is 5.73 Å². The molecule has 0 spiro atoms. The van der Waals surface area contributed by atoms with Gasteiger partial charge in [0.05, 0.1) is 6.04 Å². The van der Waals surface area contributed by atoms with Gasteiger partial charge in [-0.05, 0) is 25.0 Å². The van der Waals surface area contributed by atoms with Crippen LogP contribution < -0.4 is 5.73 Å². The summed E-state index contributed by atoms with van der Waals surface area (Å²) in [5.74, 6) is -0.0140. The molecule has 0 aliphatic rings. The van der Waals surface area contributed by atoms with Crippen molar-refractivity contribution in [3.8, 4) is 0 Å². The smallest absolute Gasteiger partial charge is 0.146 e. The lowest BCUT2D eigenvalue weighted by Crippen LogP contribution is -2.30. The average Bonchev–Trinajstić information content (AvgIpc) is 2.24. The summed E-state index contributed by atoms with van der Waals surface area (Å²) in [6, 6.07) is 6.97. The maximum atomic E-state index is 10.9. The minimum atomic E-state index is -0.445. The van der Waals surface area contributed by atoms with Gasteiger partial charge in [-0.15, -0.1) is 0 Å². The van der Waals surface area contributed by atoms with E-state index in [0.29, 0.717) is 11.4 Å². The zero-order chi connectivity index (χ0) is 11.8. The van der Waals surface area contributed by atoms with E-state index in [4.69, 9.17) is 17.3 Å². The van der Waals surface area contributed by atoms with Gasteiger partial charge in [0.1, 0.15) is 5.78 Å². The van der Waals surface area contributed by atoms with Crippen LogP contribution in [-0.2, 0) is 11.2 Å². The Bertz CT molecular complexity index is 312. The highest BCUT2D eigenvalue weighted by atomic mass is 35.5. The van der Waals surface area contributed by atoms with Crippen LogP contribution in [0.25, 0.3) is 0 Å². The molecule has 1 aromatic rings. The fraction of sp³-hybridized carbons (Fsp3) is 0.417. The van der Waals surface area contributed by atoms with E-state index < -0.39 is 6.04 Å². The number of hydrogen-bond donors (Lipinski definition) is 1. The van der Waals surface area contributed by atoms with Crippen LogP contribution in [0.3, 0.4) is 0 Å². The van der Waals surface area contributed by atoms with Crippen LogP contribution in [0.5, 0.6) is 0 Å². The van der Waals surface area contributed by atoms with Crippen LogP contribution in [-0.4, -0.2) is 11.8 Å². The summed E-state index contributed by atoms with van der Waals surface area (Å²) >= 11 is 5.91. The number of rotatable bonds is 3. The Balaban J connectivity index is 0.000000921. The Morgan fingerprint density at radius 1 is 1.40 bits per heavy atom. The lowest BCUT2D eigenvalue weighted by molar-refractivity contribution is -0.118. The van der Waals surface area contributed by atoms with Crippen LogP contribution in [0, 0.1) is 0 Å². The number of hydrogen-bond acceptors (Lipinski definition) is 2. The third-order valence-corrected chi connectivity index (χ3v) is 2.29. The van der Waals surface area contributed by atoms with Crippen LogP contribution in [0.15, 0.2) is 24.3 Å². The van der Waals surface area contributed by atoms with Gasteiger partial charge in [-0.1, -0.05) is 43.6 Å². The van der Waals surface area contributed by atoms with Crippen molar-refractivity contribution in [2.75, 3.05) is 0 Å². The SMILES string of the molecule is CC.CC(=O)C(N)Cc1ccccc1Cl. The zero-order valence-electron chi connectivity index (χ0n) is 9.46. The third-order valence-electron chi connectivity index (χ3n) is 1.92. The largest absolute Gasteiger partial charge is 0.321 e. The summed E-state index contributed by atoms with van der Waals surface area (Å²) in [6.45, 7) is 5.49. The van der Waals surface area contributed by atoms with Gasteiger partial charge in [0, 0.05) is 5.02 Å². The quantitative estimate of drug-likeness (QED) is 0.863. The van der Waals surface area contributed by atoms with E-state index in [0.717, 1.165) is 5.56 Å². The predicted molar refractivity (Wildman–Crippen MR) is 65.2 cm³/mol. The first kappa shape index (κ1) is 14.1. The lowest BCUT2D eigenvalue weighted by Gasteiger charge is -2.08. The summed E-state index contributed by atoms with van der Waals surface area (Å²) < 4.78 is 0. The Kier molecular flexibility index (Phi) is 7.01. The Morgan fingerprint density at radius 2 is 1.93 bits per heavy atom. The van der Waals surface area contributed by atoms with Crippen molar-refractivity contribution < 1.29 is 4.79 Å². The van der Waals surface area contributed by atoms with E-state index in [9.17, 15) is 4.79 Å². The highest BCUT2D eigenvalue weighted by molar-refractivity contribution is 6.31. The summed E-state index contributed by atoms with van der Waals surface area (Å²) in [5.41, 5.74) is 6.53. The summed E-state index contributed by atoms with van der Waals surface area (Å²) in [7, 11) is 0. The predicted octanol–water partition coefficient (Wildman–Crippen LogP) is 2.83. The Labute approximate surface area is 96.4 Å². The second-order valence-electron chi connectivity index (χ2n) is 3.01. The maximum Gasteiger partial charge on any atom is 0.146 e. The normalized spacial score (nSPS) is 11.3. The van der Waals surface area contributed by atoms with Crippen molar-refractivity contribution in [1.29, 1.82) is 0 Å². The molecule has 1 atom stereocenters. The molecule has 1 aromatic carbocycles. The van der Waals surface area contributed by atoms with Crippen molar-refractivity contribution in [2.45, 2.75) is 33.2 Å². The number of nitrogens with two attached hydrogens (primary N) is 1. The Morgan fingerprint density at radius 3 is 2.40 bits per heavy atom. The highest BCUT2D eigenvalue weighted by Gasteiger charge is 2.10. The number of ketones is 1. The standard InChI is InChI=1S/C10H12ClNO.C2H6/c1-7(13)10(12)6-8-4-2-3-5-9(8)11;1-2/h2-5,10H,6,12H2,1H3;1-2H3. The molecule has 84 valence electrons. The first-order valence-electron chi connectivity index (χ1n) is 5.10. The van der Waals surface area contributed by atoms with Crippen LogP contribution in [0.2, 0.25) is 5.02 Å². The van der Waals surface area contributed by atoms with Crippen LogP contribution in [0.1, 0.15) is 26.3 Å². The molecule has 0 saturated heterocycles. The molecule has 0 aliphatic carbocycles. The van der Waals surface area contributed by atoms with Gasteiger partial charge in [-0.25, -0.2) is 0 Å². The minimum Gasteiger partial charge on any atom is -0.321 e. The molecule has 0 radical (unpaired) electrons. The van der Waals surface area contributed by atoms with E-state index in [-0.39, 0.29) is 5.78 Å². The summed E-state index contributed by atoms with van der Waals surface area (Å²) in [5, 5.41) is 0.666. The molecule has 0 heterocycles. The topological polar surface area (TPSA) is 43.1 Å². The van der Waals surface area contributed by atoms with E-state index in [1.54, 1.807) is 6.07 Å². The minimum absolute atomic E-state index is 0.0140. The zero-order valence-corrected chi connectivity index (χ0v) is 10.2. The number of carbonyl (C=O) groups excluding carboxylic acids is 1. The molecule has 0 amide bonds. The van der Waals surface area contributed by atoms with Crippen molar-refractivity contribution in [3.63, 3.8) is 0 Å². The maximum absolute atomic E-state index is 10.9. The number of carbonyl (C=O) groups is 1. The molecule has 0 bridgehead atoms. The summed E-state index contributed by atoms with van der Waals surface area (Å²) in [6.07, 6.45) is 0.509. The fourth-order valence-electron chi connectivity index (χ4n) is 1.04. The van der Waals surface area contributed by atoms with Gasteiger partial charge >= 0.3 is 0 Å². The van der Waals surface area contributed by atoms with Crippen molar-refractivity contribution >= 4 is 17.4 Å². The third kappa shape index (κ3) is 4.96. The van der Waals surface area contributed by atoms with Gasteiger partial charge in [0.25, 0.3) is 0 Å². The molecule has 0 saturated carbocycles. The highest BCUT2D eigenvalue weighted by Crippen LogP contribution is 2.16. The molecule has 15 heavy (non-hydrogen) atoms. The van der Waals surface area contributed by atoms with Crippen molar-refractivity contribution in [3.05, 3.63) is 34.9 Å². The van der Waals surface area contributed by atoms with Crippen LogP contribution >= 0.6 is 11.6 Å². The number of benzene rings is 1. The van der Waals surface area contributed by atoms with Gasteiger partial charge in [0.2, 0.25) is 0 Å². The summed E-state index contributed by atoms with van der Waals surface area (Å²) in [4.78, 5) is 10.9. The first-order chi connectivity index (χ1) is 7.11. The van der Waals surface area contributed by atoms with Gasteiger partial charge in [-0.3, -0.25) is 4.79 Å². The second-order valence-corrected chi connectivity index (χ2v) is 3.42. The molecule has 0 aliphatic heterocycles. The molecule has 3 heteroatoms. The molecule has 0 fully saturated rings. The number of Topliss-reactive ketones (excluding diaryl/α,β-unsaturated/α-hetero) is 1. The van der Waals surface area contributed by atoms with E-state index in [1.165, 1.54) is 6.92 Å². The fourth-order valence-corrected chi connectivity index (χ4v) is 1.26. The molecule has 2 N–H and O–H groups in total. The number of halogens is 1. The van der Waals surface area contributed by atoms with Crippen molar-refractivity contribution in [1.82, 2.24) is 0 Å². The molecular weight excluding hydrogens is 210 g/mol. The first-order valence-corrected chi connectivity index (χ1v) is 5.48. The lowest BCUT2D eigenvalue weighted by atomic mass is 10.0.